The number of aromatic amines is 1. The van der Waals surface area contributed by atoms with Gasteiger partial charge in [0.25, 0.3) is 5.69 Å². The van der Waals surface area contributed by atoms with Crippen molar-refractivity contribution in [3.05, 3.63) is 105 Å². The molecule has 10 rings (SSSR count). The van der Waals surface area contributed by atoms with Gasteiger partial charge in [-0.25, -0.2) is 0 Å². The number of aromatic nitrogens is 2. The fraction of sp³-hybridized carbons (Fsp3) is 0.438. The third kappa shape index (κ3) is 9.07. The Bertz CT molecular complexity index is 2640. The number of nitro benzene ring substituents is 1. The first-order valence-electron chi connectivity index (χ1n) is 22.7. The second-order valence-electron chi connectivity index (χ2n) is 18.3. The number of benzene rings is 3. The van der Waals surface area contributed by atoms with E-state index in [1.165, 1.54) is 29.2 Å². The number of ether oxygens (including phenoxy) is 3. The molecule has 4 aliphatic heterocycles. The number of hydrogen-bond donors (Lipinski definition) is 2. The summed E-state index contributed by atoms with van der Waals surface area (Å²) in [6.07, 6.45) is 5.67. The van der Waals surface area contributed by atoms with Crippen LogP contribution in [-0.2, 0) is 18.6 Å². The van der Waals surface area contributed by atoms with Crippen molar-refractivity contribution in [2.75, 3.05) is 105 Å². The highest BCUT2D eigenvalue weighted by Gasteiger charge is 2.43. The van der Waals surface area contributed by atoms with Crippen LogP contribution in [0.5, 0.6) is 5.88 Å². The summed E-state index contributed by atoms with van der Waals surface area (Å²) < 4.78 is 40.9. The molecule has 0 radical (unpaired) electrons. The largest absolute Gasteiger partial charge is 0.476 e. The standard InChI is InChI=1S/C48H56ClN8O7P/c1-48(2)14-12-35(40(29-48)33-4-6-36(49)7-5-33)31-53-17-19-54(20-18-53)37-8-11-42(44(27-37)55-16-3-22-63-47-45(55)26-34-13-15-50-46(34)52-47)56-21-23-64-65(56,60)39-9-10-41(43(28-39)57(58)59)51-30-38-32-61-24-25-62-38/h4-11,13,15,26-28,38,51H,3,12,14,16-25,29-32H2,1-2H3,(H,50,52)/t38-,65?/m0/s1. The highest BCUT2D eigenvalue weighted by atomic mass is 35.5. The molecule has 17 heteroatoms. The molecule has 3 fully saturated rings. The number of hydrogen-bond acceptors (Lipinski definition) is 12. The Morgan fingerprint density at radius 1 is 0.938 bits per heavy atom. The maximum absolute atomic E-state index is 15.4. The van der Waals surface area contributed by atoms with Crippen LogP contribution in [0.1, 0.15) is 45.1 Å². The quantitative estimate of drug-likeness (QED) is 0.0738. The summed E-state index contributed by atoms with van der Waals surface area (Å²) >= 11 is 6.30. The van der Waals surface area contributed by atoms with E-state index in [9.17, 15) is 10.1 Å². The second-order valence-corrected chi connectivity index (χ2v) is 21.1. The lowest BCUT2D eigenvalue weighted by molar-refractivity contribution is -0.383. The zero-order valence-corrected chi connectivity index (χ0v) is 38.6. The van der Waals surface area contributed by atoms with Gasteiger partial charge in [-0.15, -0.1) is 0 Å². The van der Waals surface area contributed by atoms with Crippen LogP contribution in [0.15, 0.2) is 84.6 Å². The summed E-state index contributed by atoms with van der Waals surface area (Å²) in [5.74, 6) is 0.519. The average Bonchev–Trinajstić information content (AvgIpc) is 3.89. The number of piperazine rings is 1. The van der Waals surface area contributed by atoms with Crippen molar-refractivity contribution in [2.24, 2.45) is 5.41 Å². The van der Waals surface area contributed by atoms with Gasteiger partial charge in [0.1, 0.15) is 17.0 Å². The molecule has 3 aromatic carbocycles. The van der Waals surface area contributed by atoms with Crippen LogP contribution < -0.4 is 29.8 Å². The molecular weight excluding hydrogens is 867 g/mol. The number of nitro groups is 1. The van der Waals surface area contributed by atoms with Gasteiger partial charge in [0.2, 0.25) is 5.88 Å². The molecular formula is C48H56ClN8O7P. The first-order chi connectivity index (χ1) is 31.5. The van der Waals surface area contributed by atoms with Gasteiger partial charge in [-0.1, -0.05) is 43.2 Å². The summed E-state index contributed by atoms with van der Waals surface area (Å²) in [5, 5.41) is 17.6. The Morgan fingerprint density at radius 2 is 1.78 bits per heavy atom. The van der Waals surface area contributed by atoms with Crippen LogP contribution in [0.2, 0.25) is 5.02 Å². The van der Waals surface area contributed by atoms with E-state index >= 15 is 4.57 Å². The van der Waals surface area contributed by atoms with Gasteiger partial charge in [0.15, 0.2) is 0 Å². The number of nitrogens with one attached hydrogen (secondary N) is 2. The van der Waals surface area contributed by atoms with E-state index < -0.39 is 12.4 Å². The number of anilines is 5. The van der Waals surface area contributed by atoms with Gasteiger partial charge in [-0.2, -0.15) is 4.98 Å². The van der Waals surface area contributed by atoms with Crippen molar-refractivity contribution in [3.8, 4) is 5.88 Å². The molecule has 15 nitrogen and oxygen atoms in total. The van der Waals surface area contributed by atoms with Gasteiger partial charge in [-0.05, 0) is 96.8 Å². The Labute approximate surface area is 384 Å². The van der Waals surface area contributed by atoms with Gasteiger partial charge in [0.05, 0.1) is 67.3 Å². The van der Waals surface area contributed by atoms with Crippen molar-refractivity contribution in [1.29, 1.82) is 0 Å². The van der Waals surface area contributed by atoms with Gasteiger partial charge in [-0.3, -0.25) is 24.2 Å². The van der Waals surface area contributed by atoms with E-state index in [-0.39, 0.29) is 29.1 Å². The van der Waals surface area contributed by atoms with E-state index in [2.05, 4.69) is 69.2 Å². The van der Waals surface area contributed by atoms with Crippen LogP contribution in [0.25, 0.3) is 16.6 Å². The summed E-state index contributed by atoms with van der Waals surface area (Å²) in [6.45, 7) is 12.5. The summed E-state index contributed by atoms with van der Waals surface area (Å²) in [5.41, 5.74) is 8.77. The Balaban J connectivity index is 0.964. The Morgan fingerprint density at radius 3 is 2.58 bits per heavy atom. The van der Waals surface area contributed by atoms with E-state index in [0.717, 1.165) is 85.1 Å². The summed E-state index contributed by atoms with van der Waals surface area (Å²) in [6, 6.07) is 23.4. The first kappa shape index (κ1) is 43.7. The molecule has 0 bridgehead atoms. The molecule has 1 aliphatic carbocycles. The lowest BCUT2D eigenvalue weighted by atomic mass is 9.72. The Kier molecular flexibility index (Phi) is 12.3. The second kappa shape index (κ2) is 18.3. The molecule has 6 heterocycles. The molecule has 2 aromatic heterocycles. The van der Waals surface area contributed by atoms with E-state index in [1.54, 1.807) is 12.1 Å². The molecule has 0 saturated carbocycles. The van der Waals surface area contributed by atoms with Crippen molar-refractivity contribution in [3.63, 3.8) is 0 Å². The van der Waals surface area contributed by atoms with Crippen LogP contribution in [0.3, 0.4) is 0 Å². The zero-order chi connectivity index (χ0) is 44.7. The minimum absolute atomic E-state index is 0.187. The topological polar surface area (TPSA) is 151 Å². The third-order valence-corrected chi connectivity index (χ3v) is 16.2. The molecule has 0 amide bonds. The number of allylic oxidation sites excluding steroid dienone is 1. The van der Waals surface area contributed by atoms with Gasteiger partial charge < -0.3 is 38.8 Å². The molecule has 5 aliphatic rings. The maximum Gasteiger partial charge on any atom is 0.326 e. The maximum atomic E-state index is 15.4. The number of rotatable bonds is 11. The molecule has 2 atom stereocenters. The number of halogens is 1. The highest BCUT2D eigenvalue weighted by molar-refractivity contribution is 7.68. The highest BCUT2D eigenvalue weighted by Crippen LogP contribution is 2.59. The van der Waals surface area contributed by atoms with E-state index in [1.807, 2.05) is 35.1 Å². The predicted octanol–water partition coefficient (Wildman–Crippen LogP) is 9.01. The molecule has 0 spiro atoms. The smallest absolute Gasteiger partial charge is 0.326 e. The van der Waals surface area contributed by atoms with Crippen molar-refractivity contribution >= 4 is 75.2 Å². The minimum Gasteiger partial charge on any atom is -0.476 e. The van der Waals surface area contributed by atoms with Crippen LogP contribution in [0.4, 0.5) is 34.1 Å². The van der Waals surface area contributed by atoms with Crippen LogP contribution in [-0.4, -0.2) is 111 Å². The SMILES string of the molecule is CC1(C)CCC(CN2CCN(c3ccc(N4CCOP4(=O)c4ccc(NC[C@H]5COCCO5)c([N+](=O)[O-])c4)c(N4CCCOc5nc6[nH]ccc6cc54)c3)CC2)=C(c2ccc(Cl)cc2)C1. The fourth-order valence-electron chi connectivity index (χ4n) is 9.86. The molecule has 65 heavy (non-hydrogen) atoms. The molecule has 1 unspecified atom stereocenters. The molecule has 2 N–H and O–H groups in total. The van der Waals surface area contributed by atoms with Gasteiger partial charge >= 0.3 is 7.52 Å². The number of pyridine rings is 1. The third-order valence-electron chi connectivity index (χ3n) is 13.4. The van der Waals surface area contributed by atoms with Gasteiger partial charge in [0, 0.05) is 74.2 Å². The zero-order valence-electron chi connectivity index (χ0n) is 37.0. The number of H-pyrrole nitrogens is 1. The minimum atomic E-state index is -3.85. The first-order valence-corrected chi connectivity index (χ1v) is 24.7. The lowest BCUT2D eigenvalue weighted by Gasteiger charge is -2.40. The van der Waals surface area contributed by atoms with Crippen molar-refractivity contribution in [1.82, 2.24) is 14.9 Å². The van der Waals surface area contributed by atoms with Crippen LogP contribution >= 0.6 is 19.1 Å². The van der Waals surface area contributed by atoms with Crippen LogP contribution in [0, 0.1) is 15.5 Å². The number of fused-ring (bicyclic) bond motifs is 2. The van der Waals surface area contributed by atoms with Crippen molar-refractivity contribution < 1.29 is 28.2 Å². The lowest BCUT2D eigenvalue weighted by Crippen LogP contribution is -2.47. The normalized spacial score (nSPS) is 22.8. The monoisotopic (exact) mass is 922 g/mol. The van der Waals surface area contributed by atoms with E-state index in [4.69, 9.17) is 35.3 Å². The fourth-order valence-corrected chi connectivity index (χ4v) is 12.2. The molecule has 5 aromatic rings. The molecule has 3 saturated heterocycles. The summed E-state index contributed by atoms with van der Waals surface area (Å²) in [4.78, 5) is 27.4. The predicted molar refractivity (Wildman–Crippen MR) is 257 cm³/mol. The number of nitrogens with zero attached hydrogens (tertiary/aromatic N) is 6. The van der Waals surface area contributed by atoms with E-state index in [0.29, 0.717) is 63.3 Å². The van der Waals surface area contributed by atoms with Crippen molar-refractivity contribution in [2.45, 2.75) is 45.6 Å². The Hall–Kier alpha value is -5.15. The molecule has 342 valence electrons. The summed E-state index contributed by atoms with van der Waals surface area (Å²) in [7, 11) is -3.85. The average molecular weight is 923 g/mol.